The zero-order valence-electron chi connectivity index (χ0n) is 10.6. The highest BCUT2D eigenvalue weighted by Gasteiger charge is 2.49. The summed E-state index contributed by atoms with van der Waals surface area (Å²) < 4.78 is 5.24. The lowest BCUT2D eigenvalue weighted by Crippen LogP contribution is -2.28. The van der Waals surface area contributed by atoms with E-state index in [4.69, 9.17) is 4.74 Å². The van der Waals surface area contributed by atoms with Crippen molar-refractivity contribution in [2.24, 2.45) is 17.8 Å². The van der Waals surface area contributed by atoms with Crippen LogP contribution in [0.5, 0.6) is 0 Å². The molecule has 1 aromatic rings. The molecule has 5 heteroatoms. The normalized spacial score (nSPS) is 21.0. The van der Waals surface area contributed by atoms with Gasteiger partial charge in [-0.25, -0.2) is 4.98 Å². The number of carbonyl (C=O) groups is 1. The number of H-pyrrole nitrogens is 1. The third-order valence-electron chi connectivity index (χ3n) is 3.99. The van der Waals surface area contributed by atoms with E-state index in [-0.39, 0.29) is 11.9 Å². The molecule has 1 heterocycles. The second-order valence-electron chi connectivity index (χ2n) is 5.35. The minimum atomic E-state index is -0.243. The van der Waals surface area contributed by atoms with E-state index in [1.54, 1.807) is 0 Å². The van der Waals surface area contributed by atoms with Crippen molar-refractivity contribution in [2.75, 3.05) is 6.61 Å². The molecule has 0 aliphatic heterocycles. The van der Waals surface area contributed by atoms with Crippen molar-refractivity contribution in [3.63, 3.8) is 0 Å². The first-order valence-electron chi connectivity index (χ1n) is 6.83. The molecule has 2 fully saturated rings. The van der Waals surface area contributed by atoms with E-state index in [1.807, 2.05) is 6.92 Å². The summed E-state index contributed by atoms with van der Waals surface area (Å²) in [6.07, 6.45) is 6.44. The quantitative estimate of drug-likeness (QED) is 0.782. The van der Waals surface area contributed by atoms with Crippen molar-refractivity contribution in [3.8, 4) is 0 Å². The number of nitrogens with one attached hydrogen (secondary N) is 1. The van der Waals surface area contributed by atoms with Gasteiger partial charge in [-0.15, -0.1) is 0 Å². The number of aromatic nitrogens is 3. The third-order valence-corrected chi connectivity index (χ3v) is 3.99. The van der Waals surface area contributed by atoms with Crippen LogP contribution in [0.1, 0.15) is 44.3 Å². The molecule has 18 heavy (non-hydrogen) atoms. The Kier molecular flexibility index (Phi) is 3.06. The molecule has 0 radical (unpaired) electrons. The van der Waals surface area contributed by atoms with E-state index in [9.17, 15) is 4.79 Å². The highest BCUT2D eigenvalue weighted by molar-refractivity contribution is 5.77. The van der Waals surface area contributed by atoms with Crippen LogP contribution in [-0.2, 0) is 9.53 Å². The Bertz CT molecular complexity index is 398. The predicted molar refractivity (Wildman–Crippen MR) is 64.7 cm³/mol. The van der Waals surface area contributed by atoms with Crippen molar-refractivity contribution in [1.29, 1.82) is 0 Å². The van der Waals surface area contributed by atoms with Crippen LogP contribution in [0.25, 0.3) is 0 Å². The lowest BCUT2D eigenvalue weighted by Gasteiger charge is -2.23. The third kappa shape index (κ3) is 2.26. The maximum absolute atomic E-state index is 12.2. The summed E-state index contributed by atoms with van der Waals surface area (Å²) >= 11 is 0. The standard InChI is InChI=1S/C13H19N3O2/c1-2-18-13(17)11(12-14-7-15-16-12)10(8-3-4-8)9-5-6-9/h7-11H,2-6H2,1H3,(H,14,15,16). The Morgan fingerprint density at radius 2 is 2.11 bits per heavy atom. The Hall–Kier alpha value is -1.39. The van der Waals surface area contributed by atoms with Gasteiger partial charge in [0, 0.05) is 0 Å². The van der Waals surface area contributed by atoms with E-state index in [1.165, 1.54) is 32.0 Å². The molecule has 3 rings (SSSR count). The zero-order chi connectivity index (χ0) is 12.5. The number of esters is 1. The van der Waals surface area contributed by atoms with Crippen molar-refractivity contribution in [3.05, 3.63) is 12.2 Å². The minimum absolute atomic E-state index is 0.141. The number of aromatic amines is 1. The number of hydrogen-bond acceptors (Lipinski definition) is 4. The number of nitrogens with zero attached hydrogens (tertiary/aromatic N) is 2. The fraction of sp³-hybridized carbons (Fsp3) is 0.769. The molecule has 1 N–H and O–H groups in total. The predicted octanol–water partition coefficient (Wildman–Crippen LogP) is 1.89. The summed E-state index contributed by atoms with van der Waals surface area (Å²) in [5.41, 5.74) is 0. The molecule has 0 aromatic carbocycles. The van der Waals surface area contributed by atoms with Gasteiger partial charge in [0.25, 0.3) is 0 Å². The van der Waals surface area contributed by atoms with E-state index >= 15 is 0 Å². The van der Waals surface area contributed by atoms with Gasteiger partial charge in [0.05, 0.1) is 6.61 Å². The topological polar surface area (TPSA) is 67.9 Å². The maximum atomic E-state index is 12.2. The largest absolute Gasteiger partial charge is 0.465 e. The first kappa shape index (κ1) is 11.7. The molecular formula is C13H19N3O2. The minimum Gasteiger partial charge on any atom is -0.465 e. The molecule has 0 amide bonds. The summed E-state index contributed by atoms with van der Waals surface area (Å²) in [4.78, 5) is 16.4. The summed E-state index contributed by atoms with van der Waals surface area (Å²) in [6, 6.07) is 0. The summed E-state index contributed by atoms with van der Waals surface area (Å²) in [7, 11) is 0. The molecule has 2 aliphatic rings. The first-order chi connectivity index (χ1) is 8.81. The fourth-order valence-electron chi connectivity index (χ4n) is 2.94. The second kappa shape index (κ2) is 4.71. The number of hydrogen-bond donors (Lipinski definition) is 1. The van der Waals surface area contributed by atoms with Gasteiger partial charge >= 0.3 is 5.97 Å². The molecule has 5 nitrogen and oxygen atoms in total. The van der Waals surface area contributed by atoms with Crippen LogP contribution in [0.2, 0.25) is 0 Å². The lowest BCUT2D eigenvalue weighted by molar-refractivity contribution is -0.147. The van der Waals surface area contributed by atoms with Gasteiger partial charge in [0.15, 0.2) is 0 Å². The van der Waals surface area contributed by atoms with Gasteiger partial charge in [-0.3, -0.25) is 9.89 Å². The number of carbonyl (C=O) groups excluding carboxylic acids is 1. The van der Waals surface area contributed by atoms with E-state index < -0.39 is 0 Å². The smallest absolute Gasteiger partial charge is 0.316 e. The molecule has 0 spiro atoms. The number of ether oxygens (including phenoxy) is 1. The van der Waals surface area contributed by atoms with Crippen LogP contribution < -0.4 is 0 Å². The second-order valence-corrected chi connectivity index (χ2v) is 5.35. The van der Waals surface area contributed by atoms with Crippen LogP contribution in [-0.4, -0.2) is 27.8 Å². The highest BCUT2D eigenvalue weighted by Crippen LogP contribution is 2.54. The SMILES string of the molecule is CCOC(=O)C(c1ncn[nH]1)C(C1CC1)C1CC1. The van der Waals surface area contributed by atoms with Gasteiger partial charge in [0.2, 0.25) is 0 Å². The Labute approximate surface area is 106 Å². The van der Waals surface area contributed by atoms with Crippen molar-refractivity contribution in [1.82, 2.24) is 15.2 Å². The average molecular weight is 249 g/mol. The molecule has 1 atom stereocenters. The zero-order valence-corrected chi connectivity index (χ0v) is 10.6. The average Bonchev–Trinajstić information content (AvgIpc) is 3.28. The summed E-state index contributed by atoms with van der Waals surface area (Å²) in [5, 5.41) is 6.74. The number of rotatable bonds is 6. The van der Waals surface area contributed by atoms with E-state index in [0.717, 1.165) is 0 Å². The van der Waals surface area contributed by atoms with Crippen molar-refractivity contribution >= 4 is 5.97 Å². The first-order valence-corrected chi connectivity index (χ1v) is 6.83. The summed E-state index contributed by atoms with van der Waals surface area (Å²) in [6.45, 7) is 2.27. The van der Waals surface area contributed by atoms with Crippen molar-refractivity contribution < 1.29 is 9.53 Å². The van der Waals surface area contributed by atoms with Gasteiger partial charge < -0.3 is 4.74 Å². The molecule has 1 aromatic heterocycles. The van der Waals surface area contributed by atoms with E-state index in [2.05, 4.69) is 15.2 Å². The van der Waals surface area contributed by atoms with Gasteiger partial charge in [-0.2, -0.15) is 5.10 Å². The van der Waals surface area contributed by atoms with Crippen LogP contribution in [0.4, 0.5) is 0 Å². The van der Waals surface area contributed by atoms with Gasteiger partial charge in [0.1, 0.15) is 18.1 Å². The fourth-order valence-corrected chi connectivity index (χ4v) is 2.94. The molecule has 98 valence electrons. The Balaban J connectivity index is 1.85. The Morgan fingerprint density at radius 3 is 2.56 bits per heavy atom. The molecule has 2 saturated carbocycles. The monoisotopic (exact) mass is 249 g/mol. The van der Waals surface area contributed by atoms with Crippen molar-refractivity contribution in [2.45, 2.75) is 38.5 Å². The van der Waals surface area contributed by atoms with Gasteiger partial charge in [-0.1, -0.05) is 0 Å². The maximum Gasteiger partial charge on any atom is 0.316 e. The van der Waals surface area contributed by atoms with Crippen LogP contribution in [0.3, 0.4) is 0 Å². The molecule has 1 unspecified atom stereocenters. The summed E-state index contributed by atoms with van der Waals surface area (Å²) in [5.74, 6) is 2.05. The van der Waals surface area contributed by atoms with Crippen LogP contribution in [0, 0.1) is 17.8 Å². The van der Waals surface area contributed by atoms with Crippen LogP contribution >= 0.6 is 0 Å². The molecule has 0 bridgehead atoms. The molecule has 0 saturated heterocycles. The molecule has 2 aliphatic carbocycles. The molecular weight excluding hydrogens is 230 g/mol. The van der Waals surface area contributed by atoms with Crippen LogP contribution in [0.15, 0.2) is 6.33 Å². The van der Waals surface area contributed by atoms with Gasteiger partial charge in [-0.05, 0) is 50.4 Å². The Morgan fingerprint density at radius 1 is 1.44 bits per heavy atom. The van der Waals surface area contributed by atoms with E-state index in [0.29, 0.717) is 30.2 Å². The highest BCUT2D eigenvalue weighted by atomic mass is 16.5. The lowest BCUT2D eigenvalue weighted by atomic mass is 9.83.